The predicted octanol–water partition coefficient (Wildman–Crippen LogP) is 3.07. The minimum atomic E-state index is 0.251. The lowest BCUT2D eigenvalue weighted by Gasteiger charge is -2.29. The highest BCUT2D eigenvalue weighted by atomic mass is 16.3. The van der Waals surface area contributed by atoms with E-state index in [0.717, 1.165) is 32.0 Å². The molecule has 1 saturated carbocycles. The Morgan fingerprint density at radius 2 is 2.12 bits per heavy atom. The molecule has 1 atom stereocenters. The highest BCUT2D eigenvalue weighted by molar-refractivity contribution is 4.95. The number of hydrogen-bond donors (Lipinski definition) is 1. The van der Waals surface area contributed by atoms with Crippen molar-refractivity contribution in [2.24, 2.45) is 11.3 Å². The summed E-state index contributed by atoms with van der Waals surface area (Å²) >= 11 is 0. The van der Waals surface area contributed by atoms with Crippen molar-refractivity contribution in [3.05, 3.63) is 12.7 Å². The van der Waals surface area contributed by atoms with Crippen molar-refractivity contribution in [2.45, 2.75) is 46.0 Å². The lowest BCUT2D eigenvalue weighted by molar-refractivity contribution is 0.137. The van der Waals surface area contributed by atoms with Crippen LogP contribution in [-0.4, -0.2) is 36.2 Å². The van der Waals surface area contributed by atoms with Crippen molar-refractivity contribution in [1.29, 1.82) is 0 Å². The fourth-order valence-electron chi connectivity index (χ4n) is 2.62. The average molecular weight is 239 g/mol. The van der Waals surface area contributed by atoms with E-state index in [0.29, 0.717) is 6.61 Å². The van der Waals surface area contributed by atoms with Crippen LogP contribution in [0.15, 0.2) is 12.7 Å². The van der Waals surface area contributed by atoms with E-state index in [1.165, 1.54) is 25.7 Å². The predicted molar refractivity (Wildman–Crippen MR) is 74.1 cm³/mol. The van der Waals surface area contributed by atoms with Crippen LogP contribution >= 0.6 is 0 Å². The van der Waals surface area contributed by atoms with Crippen LogP contribution in [0.4, 0.5) is 0 Å². The Morgan fingerprint density at radius 3 is 2.53 bits per heavy atom. The highest BCUT2D eigenvalue weighted by Crippen LogP contribution is 2.45. The van der Waals surface area contributed by atoms with Crippen LogP contribution in [0.1, 0.15) is 46.0 Å². The Kier molecular flexibility index (Phi) is 6.21. The molecule has 1 aliphatic carbocycles. The van der Waals surface area contributed by atoms with Gasteiger partial charge in [-0.25, -0.2) is 0 Å². The van der Waals surface area contributed by atoms with Gasteiger partial charge in [-0.1, -0.05) is 26.3 Å². The zero-order chi connectivity index (χ0) is 12.7. The Bertz CT molecular complexity index is 223. The molecule has 0 aliphatic heterocycles. The standard InChI is InChI=1S/C15H29NO/c1-4-7-14(8-5-2)11-16(6-3)12-15(13-17)9-10-15/h4,14,17H,1,5-13H2,2-3H3. The first-order chi connectivity index (χ1) is 8.19. The van der Waals surface area contributed by atoms with Gasteiger partial charge in [-0.05, 0) is 38.1 Å². The molecule has 0 radical (unpaired) electrons. The van der Waals surface area contributed by atoms with Crippen molar-refractivity contribution in [3.8, 4) is 0 Å². The minimum Gasteiger partial charge on any atom is -0.396 e. The quantitative estimate of drug-likeness (QED) is 0.592. The molecule has 0 spiro atoms. The topological polar surface area (TPSA) is 23.5 Å². The first-order valence-corrected chi connectivity index (χ1v) is 7.13. The molecule has 0 aromatic rings. The van der Waals surface area contributed by atoms with E-state index >= 15 is 0 Å². The van der Waals surface area contributed by atoms with E-state index in [4.69, 9.17) is 0 Å². The average Bonchev–Trinajstić information content (AvgIpc) is 3.09. The molecule has 1 N–H and O–H groups in total. The Balaban J connectivity index is 2.40. The number of rotatable bonds is 10. The summed E-state index contributed by atoms with van der Waals surface area (Å²) in [5.41, 5.74) is 0.251. The molecule has 0 amide bonds. The van der Waals surface area contributed by atoms with Gasteiger partial charge in [0.1, 0.15) is 0 Å². The maximum absolute atomic E-state index is 9.40. The molecular weight excluding hydrogens is 210 g/mol. The van der Waals surface area contributed by atoms with Gasteiger partial charge < -0.3 is 10.0 Å². The number of aliphatic hydroxyl groups excluding tert-OH is 1. The summed E-state index contributed by atoms with van der Waals surface area (Å²) in [5, 5.41) is 9.40. The third kappa shape index (κ3) is 4.81. The smallest absolute Gasteiger partial charge is 0.0499 e. The number of nitrogens with zero attached hydrogens (tertiary/aromatic N) is 1. The van der Waals surface area contributed by atoms with E-state index in [2.05, 4.69) is 25.3 Å². The van der Waals surface area contributed by atoms with Crippen molar-refractivity contribution in [3.63, 3.8) is 0 Å². The molecular formula is C15H29NO. The second kappa shape index (κ2) is 7.17. The molecule has 1 aliphatic rings. The summed E-state index contributed by atoms with van der Waals surface area (Å²) in [5.74, 6) is 0.743. The third-order valence-corrected chi connectivity index (χ3v) is 4.01. The van der Waals surface area contributed by atoms with Gasteiger partial charge in [-0.3, -0.25) is 0 Å². The zero-order valence-electron chi connectivity index (χ0n) is 11.6. The third-order valence-electron chi connectivity index (χ3n) is 4.01. The zero-order valence-corrected chi connectivity index (χ0v) is 11.6. The van der Waals surface area contributed by atoms with Gasteiger partial charge in [-0.15, -0.1) is 6.58 Å². The first kappa shape index (κ1) is 14.7. The van der Waals surface area contributed by atoms with Crippen LogP contribution in [0, 0.1) is 11.3 Å². The monoisotopic (exact) mass is 239 g/mol. The van der Waals surface area contributed by atoms with Gasteiger partial charge in [0.25, 0.3) is 0 Å². The molecule has 0 bridgehead atoms. The minimum absolute atomic E-state index is 0.251. The summed E-state index contributed by atoms with van der Waals surface area (Å²) < 4.78 is 0. The van der Waals surface area contributed by atoms with E-state index in [1.807, 2.05) is 6.08 Å². The lowest BCUT2D eigenvalue weighted by Crippen LogP contribution is -2.35. The fourth-order valence-corrected chi connectivity index (χ4v) is 2.62. The molecule has 100 valence electrons. The lowest BCUT2D eigenvalue weighted by atomic mass is 9.98. The van der Waals surface area contributed by atoms with Gasteiger partial charge in [0.15, 0.2) is 0 Å². The van der Waals surface area contributed by atoms with Crippen LogP contribution in [0.3, 0.4) is 0 Å². The van der Waals surface area contributed by atoms with Crippen molar-refractivity contribution >= 4 is 0 Å². The SMILES string of the molecule is C=CCC(CCC)CN(CC)CC1(CO)CC1. The van der Waals surface area contributed by atoms with Crippen LogP contribution < -0.4 is 0 Å². The van der Waals surface area contributed by atoms with Crippen molar-refractivity contribution in [2.75, 3.05) is 26.2 Å². The molecule has 0 saturated heterocycles. The second-order valence-corrected chi connectivity index (χ2v) is 5.66. The maximum Gasteiger partial charge on any atom is 0.0499 e. The van der Waals surface area contributed by atoms with Crippen LogP contribution in [0.2, 0.25) is 0 Å². The normalized spacial score (nSPS) is 19.3. The summed E-state index contributed by atoms with van der Waals surface area (Å²) in [6.07, 6.45) is 8.12. The molecule has 17 heavy (non-hydrogen) atoms. The Hall–Kier alpha value is -0.340. The largest absolute Gasteiger partial charge is 0.396 e. The highest BCUT2D eigenvalue weighted by Gasteiger charge is 2.43. The number of aliphatic hydroxyl groups is 1. The van der Waals surface area contributed by atoms with E-state index in [9.17, 15) is 5.11 Å². The van der Waals surface area contributed by atoms with Gasteiger partial charge in [-0.2, -0.15) is 0 Å². The molecule has 2 nitrogen and oxygen atoms in total. The second-order valence-electron chi connectivity index (χ2n) is 5.66. The molecule has 0 aromatic heterocycles. The van der Waals surface area contributed by atoms with E-state index in [1.54, 1.807) is 0 Å². The molecule has 0 aromatic carbocycles. The van der Waals surface area contributed by atoms with Gasteiger partial charge in [0, 0.05) is 25.1 Å². The number of hydrogen-bond acceptors (Lipinski definition) is 2. The van der Waals surface area contributed by atoms with Gasteiger partial charge in [0.2, 0.25) is 0 Å². The molecule has 2 heteroatoms. The fraction of sp³-hybridized carbons (Fsp3) is 0.867. The Morgan fingerprint density at radius 1 is 1.41 bits per heavy atom. The van der Waals surface area contributed by atoms with Crippen LogP contribution in [-0.2, 0) is 0 Å². The Labute approximate surface area is 107 Å². The molecule has 1 rings (SSSR count). The molecule has 1 unspecified atom stereocenters. The van der Waals surface area contributed by atoms with Crippen LogP contribution in [0.5, 0.6) is 0 Å². The van der Waals surface area contributed by atoms with Crippen LogP contribution in [0.25, 0.3) is 0 Å². The van der Waals surface area contributed by atoms with Crippen molar-refractivity contribution in [1.82, 2.24) is 4.90 Å². The van der Waals surface area contributed by atoms with Crippen molar-refractivity contribution < 1.29 is 5.11 Å². The molecule has 1 fully saturated rings. The summed E-state index contributed by atoms with van der Waals surface area (Å²) in [4.78, 5) is 2.52. The molecule has 0 heterocycles. The van der Waals surface area contributed by atoms with E-state index in [-0.39, 0.29) is 5.41 Å². The first-order valence-electron chi connectivity index (χ1n) is 7.13. The summed E-state index contributed by atoms with van der Waals surface area (Å²) in [7, 11) is 0. The van der Waals surface area contributed by atoms with Gasteiger partial charge in [0.05, 0.1) is 0 Å². The number of allylic oxidation sites excluding steroid dienone is 1. The maximum atomic E-state index is 9.40. The van der Waals surface area contributed by atoms with E-state index < -0.39 is 0 Å². The van der Waals surface area contributed by atoms with Gasteiger partial charge >= 0.3 is 0 Å². The summed E-state index contributed by atoms with van der Waals surface area (Å²) in [6, 6.07) is 0. The summed E-state index contributed by atoms with van der Waals surface area (Å²) in [6.45, 7) is 12.0.